The van der Waals surface area contributed by atoms with Crippen LogP contribution in [0.3, 0.4) is 0 Å². The van der Waals surface area contributed by atoms with Crippen molar-refractivity contribution in [2.24, 2.45) is 5.41 Å². The number of rotatable bonds is 3. The highest BCUT2D eigenvalue weighted by Gasteiger charge is 2.48. The Morgan fingerprint density at radius 2 is 1.95 bits per heavy atom. The van der Waals surface area contributed by atoms with E-state index in [9.17, 15) is 21.6 Å². The van der Waals surface area contributed by atoms with Gasteiger partial charge >= 0.3 is 15.6 Å². The summed E-state index contributed by atoms with van der Waals surface area (Å²) < 4.78 is 62.4. The average Bonchev–Trinajstić information content (AvgIpc) is 2.24. The second-order valence-electron chi connectivity index (χ2n) is 5.65. The van der Waals surface area contributed by atoms with E-state index < -0.39 is 15.6 Å². The van der Waals surface area contributed by atoms with Crippen LogP contribution in [0.4, 0.5) is 13.2 Å². The molecule has 0 unspecified atom stereocenters. The minimum atomic E-state index is -5.60. The fourth-order valence-electron chi connectivity index (χ4n) is 2.23. The quantitative estimate of drug-likeness (QED) is 0.438. The first-order chi connectivity index (χ1) is 9.37. The Bertz CT molecular complexity index is 593. The average molecular weight is 324 g/mol. The van der Waals surface area contributed by atoms with Crippen LogP contribution in [0.2, 0.25) is 0 Å². The van der Waals surface area contributed by atoms with Gasteiger partial charge in [0.05, 0.1) is 0 Å². The summed E-state index contributed by atoms with van der Waals surface area (Å²) in [6, 6.07) is 0. The number of alkyl halides is 3. The molecule has 0 aromatic heterocycles. The van der Waals surface area contributed by atoms with Gasteiger partial charge in [-0.3, -0.25) is 0 Å². The topological polar surface area (TPSA) is 43.4 Å². The van der Waals surface area contributed by atoms with Crippen LogP contribution < -0.4 is 0 Å². The third kappa shape index (κ3) is 4.36. The normalized spacial score (nSPS) is 22.1. The van der Waals surface area contributed by atoms with Crippen molar-refractivity contribution in [1.82, 2.24) is 0 Å². The molecule has 120 valence electrons. The van der Waals surface area contributed by atoms with Crippen LogP contribution in [0.15, 0.2) is 35.1 Å². The van der Waals surface area contributed by atoms with Crippen LogP contribution in [0, 0.1) is 5.41 Å². The molecule has 3 nitrogen and oxygen atoms in total. The van der Waals surface area contributed by atoms with Crippen LogP contribution >= 0.6 is 0 Å². The van der Waals surface area contributed by atoms with E-state index in [1.54, 1.807) is 6.08 Å². The van der Waals surface area contributed by atoms with Crippen LogP contribution in [0.1, 0.15) is 40.5 Å². The largest absolute Gasteiger partial charge is 0.534 e. The molecule has 0 fully saturated rings. The maximum Gasteiger partial charge on any atom is 0.534 e. The van der Waals surface area contributed by atoms with E-state index >= 15 is 0 Å². The third-order valence-electron chi connectivity index (χ3n) is 3.38. The van der Waals surface area contributed by atoms with Gasteiger partial charge in [0.25, 0.3) is 0 Å². The molecular formula is C14H19F3O3S. The van der Waals surface area contributed by atoms with Gasteiger partial charge < -0.3 is 4.18 Å². The van der Waals surface area contributed by atoms with Gasteiger partial charge in [-0.05, 0) is 43.8 Å². The molecule has 0 heterocycles. The van der Waals surface area contributed by atoms with Crippen molar-refractivity contribution in [3.8, 4) is 0 Å². The van der Waals surface area contributed by atoms with Gasteiger partial charge in [-0.25, -0.2) is 0 Å². The van der Waals surface area contributed by atoms with E-state index in [1.165, 1.54) is 13.0 Å². The molecule has 0 spiro atoms. The van der Waals surface area contributed by atoms with Gasteiger partial charge in [0.15, 0.2) is 0 Å². The van der Waals surface area contributed by atoms with Gasteiger partial charge in [0.1, 0.15) is 5.76 Å². The van der Waals surface area contributed by atoms with Crippen molar-refractivity contribution < 1.29 is 25.8 Å². The molecule has 0 aliphatic heterocycles. The van der Waals surface area contributed by atoms with E-state index in [-0.39, 0.29) is 11.2 Å². The first-order valence-corrected chi connectivity index (χ1v) is 7.84. The van der Waals surface area contributed by atoms with Crippen molar-refractivity contribution in [2.45, 2.75) is 46.0 Å². The standard InChI is InChI=1S/C14H19F3O3S/c1-10-6-5-9-13(3,4)12(10)8-7-11(2)20-21(18,19)14(15,16)17/h6-8H,5,9H2,1-4H3/b11-7-,12-8-. The molecule has 21 heavy (non-hydrogen) atoms. The summed E-state index contributed by atoms with van der Waals surface area (Å²) in [5.74, 6) is -0.325. The van der Waals surface area contributed by atoms with Gasteiger partial charge in [-0.2, -0.15) is 21.6 Å². The molecule has 0 amide bonds. The Morgan fingerprint density at radius 3 is 2.43 bits per heavy atom. The van der Waals surface area contributed by atoms with E-state index in [1.807, 2.05) is 26.8 Å². The minimum absolute atomic E-state index is 0.113. The van der Waals surface area contributed by atoms with Crippen molar-refractivity contribution >= 4 is 10.1 Å². The van der Waals surface area contributed by atoms with Gasteiger partial charge in [-0.1, -0.05) is 31.6 Å². The van der Waals surface area contributed by atoms with Crippen molar-refractivity contribution in [2.75, 3.05) is 0 Å². The Kier molecular flexibility index (Phi) is 4.98. The molecule has 7 heteroatoms. The molecule has 0 N–H and O–H groups in total. The second-order valence-corrected chi connectivity index (χ2v) is 7.19. The number of halogens is 3. The first-order valence-electron chi connectivity index (χ1n) is 6.44. The Hall–Kier alpha value is -1.24. The van der Waals surface area contributed by atoms with E-state index in [2.05, 4.69) is 4.18 Å². The molecule has 0 aromatic carbocycles. The van der Waals surface area contributed by atoms with Crippen LogP contribution in [-0.4, -0.2) is 13.9 Å². The molecule has 0 saturated carbocycles. The molecule has 1 aliphatic rings. The predicted octanol–water partition coefficient (Wildman–Crippen LogP) is 4.45. The van der Waals surface area contributed by atoms with Crippen molar-refractivity contribution in [3.05, 3.63) is 35.1 Å². The number of allylic oxidation sites excluding steroid dienone is 6. The lowest BCUT2D eigenvalue weighted by Gasteiger charge is -2.32. The zero-order valence-electron chi connectivity index (χ0n) is 12.4. The third-order valence-corrected chi connectivity index (χ3v) is 4.43. The number of hydrogen-bond acceptors (Lipinski definition) is 3. The smallest absolute Gasteiger partial charge is 0.381 e. The molecule has 0 saturated heterocycles. The highest BCUT2D eigenvalue weighted by molar-refractivity contribution is 7.87. The van der Waals surface area contributed by atoms with E-state index in [4.69, 9.17) is 0 Å². The first kappa shape index (κ1) is 17.8. The molecule has 0 atom stereocenters. The van der Waals surface area contributed by atoms with Crippen molar-refractivity contribution in [3.63, 3.8) is 0 Å². The summed E-state index contributed by atoms with van der Waals surface area (Å²) in [5, 5.41) is 0. The maximum absolute atomic E-state index is 12.2. The van der Waals surface area contributed by atoms with E-state index in [0.717, 1.165) is 24.0 Å². The van der Waals surface area contributed by atoms with Crippen LogP contribution in [-0.2, 0) is 14.3 Å². The lowest BCUT2D eigenvalue weighted by atomic mass is 9.73. The molecule has 0 aromatic rings. The predicted molar refractivity (Wildman–Crippen MR) is 74.7 cm³/mol. The molecule has 0 bridgehead atoms. The summed E-state index contributed by atoms with van der Waals surface area (Å²) in [6.45, 7) is 7.16. The minimum Gasteiger partial charge on any atom is -0.381 e. The fourth-order valence-corrected chi connectivity index (χ4v) is 2.73. The van der Waals surface area contributed by atoms with Gasteiger partial charge in [0.2, 0.25) is 0 Å². The highest BCUT2D eigenvalue weighted by Crippen LogP contribution is 2.40. The zero-order valence-corrected chi connectivity index (χ0v) is 13.2. The van der Waals surface area contributed by atoms with Crippen LogP contribution in [0.25, 0.3) is 0 Å². The van der Waals surface area contributed by atoms with Crippen LogP contribution in [0.5, 0.6) is 0 Å². The Morgan fingerprint density at radius 1 is 1.38 bits per heavy atom. The van der Waals surface area contributed by atoms with Gasteiger partial charge in [0, 0.05) is 0 Å². The molecular weight excluding hydrogens is 305 g/mol. The zero-order chi connectivity index (χ0) is 16.5. The second kappa shape index (κ2) is 5.87. The molecule has 0 radical (unpaired) electrons. The lowest BCUT2D eigenvalue weighted by molar-refractivity contribution is -0.0521. The number of hydrogen-bond donors (Lipinski definition) is 0. The summed E-state index contributed by atoms with van der Waals surface area (Å²) in [7, 11) is -5.60. The summed E-state index contributed by atoms with van der Waals surface area (Å²) in [5.41, 5.74) is -3.54. The molecule has 1 aliphatic carbocycles. The Balaban J connectivity index is 3.01. The summed E-state index contributed by atoms with van der Waals surface area (Å²) in [6.07, 6.45) is 6.78. The highest BCUT2D eigenvalue weighted by atomic mass is 32.2. The SMILES string of the molecule is CC1=CCCC(C)(C)/C1=C\C=C(\C)OS(=O)(=O)C(F)(F)F. The Labute approximate surface area is 123 Å². The van der Waals surface area contributed by atoms with E-state index in [0.29, 0.717) is 0 Å². The van der Waals surface area contributed by atoms with Gasteiger partial charge in [-0.15, -0.1) is 0 Å². The lowest BCUT2D eigenvalue weighted by Crippen LogP contribution is -2.24. The maximum atomic E-state index is 12.2. The van der Waals surface area contributed by atoms with Crippen molar-refractivity contribution in [1.29, 1.82) is 0 Å². The summed E-state index contributed by atoms with van der Waals surface area (Å²) >= 11 is 0. The summed E-state index contributed by atoms with van der Waals surface area (Å²) in [4.78, 5) is 0. The monoisotopic (exact) mass is 324 g/mol. The fraction of sp³-hybridized carbons (Fsp3) is 0.571. The molecule has 1 rings (SSSR count).